The van der Waals surface area contributed by atoms with E-state index in [1.165, 1.54) is 25.7 Å². The second-order valence-corrected chi connectivity index (χ2v) is 6.10. The van der Waals surface area contributed by atoms with Crippen molar-refractivity contribution in [3.05, 3.63) is 0 Å². The summed E-state index contributed by atoms with van der Waals surface area (Å²) in [5.41, 5.74) is 0. The first-order valence-corrected chi connectivity index (χ1v) is 7.89. The lowest BCUT2D eigenvalue weighted by Crippen LogP contribution is -2.39. The summed E-state index contributed by atoms with van der Waals surface area (Å²) in [6.07, 6.45) is 7.36. The second kappa shape index (κ2) is 7.62. The highest BCUT2D eigenvalue weighted by atomic mass is 16.3. The van der Waals surface area contributed by atoms with Crippen LogP contribution < -0.4 is 10.6 Å². The van der Waals surface area contributed by atoms with E-state index < -0.39 is 6.10 Å². The molecule has 2 aliphatic carbocycles. The fourth-order valence-electron chi connectivity index (χ4n) is 3.31. The molecule has 2 rings (SSSR count). The number of hydrogen-bond acceptors (Lipinski definition) is 3. The summed E-state index contributed by atoms with van der Waals surface area (Å²) in [5, 5.41) is 15.3. The Morgan fingerprint density at radius 3 is 2.30 bits per heavy atom. The lowest BCUT2D eigenvalue weighted by molar-refractivity contribution is -0.128. The molecule has 3 N–H and O–H groups in total. The fraction of sp³-hybridized carbons (Fsp3) is 0.867. The van der Waals surface area contributed by atoms with E-state index in [0.717, 1.165) is 19.3 Å². The molecule has 0 saturated heterocycles. The van der Waals surface area contributed by atoms with Gasteiger partial charge in [0, 0.05) is 19.5 Å². The van der Waals surface area contributed by atoms with Gasteiger partial charge in [-0.2, -0.15) is 0 Å². The van der Waals surface area contributed by atoms with E-state index in [0.29, 0.717) is 25.4 Å². The predicted octanol–water partition coefficient (Wildman–Crippen LogP) is 0.960. The van der Waals surface area contributed by atoms with Gasteiger partial charge in [0.25, 0.3) is 0 Å². The molecule has 0 heterocycles. The van der Waals surface area contributed by atoms with E-state index in [1.54, 1.807) is 0 Å². The van der Waals surface area contributed by atoms with Gasteiger partial charge in [-0.1, -0.05) is 12.8 Å². The summed E-state index contributed by atoms with van der Waals surface area (Å²) in [6, 6.07) is 0. The van der Waals surface area contributed by atoms with E-state index in [1.807, 2.05) is 0 Å². The Morgan fingerprint density at radius 1 is 0.950 bits per heavy atom. The van der Waals surface area contributed by atoms with Crippen molar-refractivity contribution in [3.8, 4) is 0 Å². The zero-order valence-electron chi connectivity index (χ0n) is 12.1. The van der Waals surface area contributed by atoms with Gasteiger partial charge in [-0.3, -0.25) is 9.59 Å². The first-order chi connectivity index (χ1) is 9.66. The standard InChI is InChI=1S/C15H26N2O3/c18-13-7-3-6-12(13)15(20)17-9-8-16-14(19)10-11-4-1-2-5-11/h11-13,18H,1-10H2,(H,16,19)(H,17,20). The van der Waals surface area contributed by atoms with Crippen LogP contribution in [0.1, 0.15) is 51.4 Å². The summed E-state index contributed by atoms with van der Waals surface area (Å²) in [6.45, 7) is 0.915. The summed E-state index contributed by atoms with van der Waals surface area (Å²) in [5.74, 6) is 0.300. The van der Waals surface area contributed by atoms with Gasteiger partial charge >= 0.3 is 0 Å². The van der Waals surface area contributed by atoms with Crippen molar-refractivity contribution >= 4 is 11.8 Å². The Balaban J connectivity index is 1.54. The van der Waals surface area contributed by atoms with E-state index in [4.69, 9.17) is 0 Å². The number of nitrogens with one attached hydrogen (secondary N) is 2. The Labute approximate surface area is 120 Å². The summed E-state index contributed by atoms with van der Waals surface area (Å²) < 4.78 is 0. The molecule has 2 aliphatic rings. The number of rotatable bonds is 6. The highest BCUT2D eigenvalue weighted by Crippen LogP contribution is 2.27. The van der Waals surface area contributed by atoms with Crippen molar-refractivity contribution in [2.24, 2.45) is 11.8 Å². The minimum absolute atomic E-state index is 0.0833. The van der Waals surface area contributed by atoms with Crippen LogP contribution in [0.5, 0.6) is 0 Å². The molecule has 0 aromatic rings. The molecule has 2 atom stereocenters. The molecule has 0 aromatic heterocycles. The van der Waals surface area contributed by atoms with Gasteiger partial charge in [0.2, 0.25) is 11.8 Å². The number of carbonyl (C=O) groups excluding carboxylic acids is 2. The van der Waals surface area contributed by atoms with Crippen LogP contribution in [0, 0.1) is 11.8 Å². The zero-order chi connectivity index (χ0) is 14.4. The molecule has 2 fully saturated rings. The summed E-state index contributed by atoms with van der Waals surface area (Å²) in [4.78, 5) is 23.5. The molecule has 0 aliphatic heterocycles. The number of amides is 2. The summed E-state index contributed by atoms with van der Waals surface area (Å²) >= 11 is 0. The van der Waals surface area contributed by atoms with Gasteiger partial charge in [-0.25, -0.2) is 0 Å². The molecule has 2 saturated carbocycles. The minimum Gasteiger partial charge on any atom is -0.392 e. The molecule has 0 spiro atoms. The quantitative estimate of drug-likeness (QED) is 0.635. The van der Waals surface area contributed by atoms with Crippen molar-refractivity contribution in [1.82, 2.24) is 10.6 Å². The molecule has 5 heteroatoms. The lowest BCUT2D eigenvalue weighted by Gasteiger charge is -2.15. The maximum atomic E-state index is 11.8. The van der Waals surface area contributed by atoms with Crippen molar-refractivity contribution < 1.29 is 14.7 Å². The van der Waals surface area contributed by atoms with Crippen molar-refractivity contribution in [1.29, 1.82) is 0 Å². The average molecular weight is 282 g/mol. The molecule has 5 nitrogen and oxygen atoms in total. The first kappa shape index (κ1) is 15.3. The van der Waals surface area contributed by atoms with Crippen LogP contribution in [0.4, 0.5) is 0 Å². The largest absolute Gasteiger partial charge is 0.392 e. The molecule has 0 aromatic carbocycles. The number of aliphatic hydroxyl groups is 1. The average Bonchev–Trinajstić information content (AvgIpc) is 3.06. The lowest BCUT2D eigenvalue weighted by atomic mass is 10.0. The molecule has 114 valence electrons. The Morgan fingerprint density at radius 2 is 1.65 bits per heavy atom. The summed E-state index contributed by atoms with van der Waals surface area (Å²) in [7, 11) is 0. The Bertz CT molecular complexity index is 340. The maximum Gasteiger partial charge on any atom is 0.225 e. The van der Waals surface area contributed by atoms with Gasteiger partial charge in [0.15, 0.2) is 0 Å². The van der Waals surface area contributed by atoms with E-state index >= 15 is 0 Å². The molecule has 0 radical (unpaired) electrons. The van der Waals surface area contributed by atoms with Crippen LogP contribution in [0.25, 0.3) is 0 Å². The van der Waals surface area contributed by atoms with Crippen molar-refractivity contribution in [2.45, 2.75) is 57.5 Å². The van der Waals surface area contributed by atoms with Gasteiger partial charge < -0.3 is 15.7 Å². The van der Waals surface area contributed by atoms with Gasteiger partial charge in [-0.15, -0.1) is 0 Å². The second-order valence-electron chi connectivity index (χ2n) is 6.10. The van der Waals surface area contributed by atoms with E-state index in [9.17, 15) is 14.7 Å². The Kier molecular flexibility index (Phi) is 5.83. The zero-order valence-corrected chi connectivity index (χ0v) is 12.1. The van der Waals surface area contributed by atoms with E-state index in [2.05, 4.69) is 10.6 Å². The Hall–Kier alpha value is -1.10. The smallest absolute Gasteiger partial charge is 0.225 e. The molecule has 0 bridgehead atoms. The van der Waals surface area contributed by atoms with Crippen LogP contribution in [0.2, 0.25) is 0 Å². The maximum absolute atomic E-state index is 11.8. The molecular weight excluding hydrogens is 256 g/mol. The third kappa shape index (κ3) is 4.47. The molecule has 20 heavy (non-hydrogen) atoms. The molecule has 2 unspecified atom stereocenters. The van der Waals surface area contributed by atoms with Gasteiger partial charge in [-0.05, 0) is 38.0 Å². The van der Waals surface area contributed by atoms with Crippen LogP contribution in [-0.4, -0.2) is 36.1 Å². The van der Waals surface area contributed by atoms with Crippen LogP contribution >= 0.6 is 0 Å². The number of aliphatic hydroxyl groups excluding tert-OH is 1. The molecule has 2 amide bonds. The van der Waals surface area contributed by atoms with Crippen LogP contribution in [-0.2, 0) is 9.59 Å². The topological polar surface area (TPSA) is 78.4 Å². The van der Waals surface area contributed by atoms with Gasteiger partial charge in [0.05, 0.1) is 12.0 Å². The number of hydrogen-bond donors (Lipinski definition) is 3. The minimum atomic E-state index is -0.494. The van der Waals surface area contributed by atoms with Crippen molar-refractivity contribution in [2.75, 3.05) is 13.1 Å². The monoisotopic (exact) mass is 282 g/mol. The van der Waals surface area contributed by atoms with Crippen molar-refractivity contribution in [3.63, 3.8) is 0 Å². The first-order valence-electron chi connectivity index (χ1n) is 7.89. The van der Waals surface area contributed by atoms with E-state index in [-0.39, 0.29) is 17.7 Å². The fourth-order valence-corrected chi connectivity index (χ4v) is 3.31. The van der Waals surface area contributed by atoms with Crippen LogP contribution in [0.15, 0.2) is 0 Å². The highest BCUT2D eigenvalue weighted by molar-refractivity contribution is 5.79. The third-order valence-corrected chi connectivity index (χ3v) is 4.51. The number of carbonyl (C=O) groups is 2. The highest BCUT2D eigenvalue weighted by Gasteiger charge is 2.31. The van der Waals surface area contributed by atoms with Gasteiger partial charge in [0.1, 0.15) is 0 Å². The third-order valence-electron chi connectivity index (χ3n) is 4.51. The van der Waals surface area contributed by atoms with Crippen LogP contribution in [0.3, 0.4) is 0 Å². The predicted molar refractivity (Wildman–Crippen MR) is 75.9 cm³/mol. The normalized spacial score (nSPS) is 26.6. The SMILES string of the molecule is O=C(CC1CCCC1)NCCNC(=O)C1CCCC1O. The molecular formula is C15H26N2O3.